The van der Waals surface area contributed by atoms with E-state index in [9.17, 15) is 4.79 Å². The summed E-state index contributed by atoms with van der Waals surface area (Å²) in [5.74, 6) is 1.22. The van der Waals surface area contributed by atoms with Crippen LogP contribution in [0.5, 0.6) is 0 Å². The Balaban J connectivity index is 1.37. The highest BCUT2D eigenvalue weighted by Crippen LogP contribution is 2.37. The number of carbonyl (C=O) groups excluding carboxylic acids is 1. The molecule has 0 aromatic heterocycles. The van der Waals surface area contributed by atoms with E-state index in [0.717, 1.165) is 51.4 Å². The molecule has 0 unspecified atom stereocenters. The molecule has 0 saturated heterocycles. The summed E-state index contributed by atoms with van der Waals surface area (Å²) in [6.45, 7) is 2.25. The third-order valence-electron chi connectivity index (χ3n) is 7.25. The molecule has 0 amide bonds. The van der Waals surface area contributed by atoms with Gasteiger partial charge in [0.25, 0.3) is 0 Å². The Morgan fingerprint density at radius 3 is 2.38 bits per heavy atom. The number of benzene rings is 1. The zero-order chi connectivity index (χ0) is 22.6. The van der Waals surface area contributed by atoms with Crippen molar-refractivity contribution in [3.8, 4) is 6.07 Å². The van der Waals surface area contributed by atoms with Crippen molar-refractivity contribution in [3.05, 3.63) is 59.7 Å². The molecule has 0 radical (unpaired) electrons. The number of carbonyl (C=O) groups is 1. The van der Waals surface area contributed by atoms with Crippen LogP contribution in [-0.4, -0.2) is 12.1 Å². The smallest absolute Gasteiger partial charge is 0.309 e. The van der Waals surface area contributed by atoms with Crippen LogP contribution in [0.2, 0.25) is 0 Å². The molecule has 0 bridgehead atoms. The third-order valence-corrected chi connectivity index (χ3v) is 7.25. The van der Waals surface area contributed by atoms with Crippen molar-refractivity contribution in [2.45, 2.75) is 96.0 Å². The van der Waals surface area contributed by atoms with Crippen LogP contribution in [-0.2, 0) is 16.0 Å². The first-order chi connectivity index (χ1) is 15.7. The van der Waals surface area contributed by atoms with Gasteiger partial charge in [0, 0.05) is 6.08 Å². The molecule has 2 saturated carbocycles. The molecule has 0 N–H and O–H groups in total. The Labute approximate surface area is 194 Å². The Morgan fingerprint density at radius 1 is 1.00 bits per heavy atom. The molecule has 0 spiro atoms. The van der Waals surface area contributed by atoms with Crippen LogP contribution in [0.4, 0.5) is 0 Å². The van der Waals surface area contributed by atoms with Gasteiger partial charge >= 0.3 is 5.97 Å². The summed E-state index contributed by atoms with van der Waals surface area (Å²) in [5.41, 5.74) is 2.88. The molecule has 1 aromatic carbocycles. The molecule has 1 aromatic rings. The van der Waals surface area contributed by atoms with Crippen molar-refractivity contribution in [2.75, 3.05) is 0 Å². The third kappa shape index (κ3) is 7.66. The van der Waals surface area contributed by atoms with E-state index < -0.39 is 0 Å². The van der Waals surface area contributed by atoms with Gasteiger partial charge in [0.05, 0.1) is 12.0 Å². The predicted octanol–water partition coefficient (Wildman–Crippen LogP) is 7.43. The van der Waals surface area contributed by atoms with E-state index >= 15 is 0 Å². The van der Waals surface area contributed by atoms with Crippen LogP contribution in [0, 0.1) is 23.2 Å². The van der Waals surface area contributed by atoms with E-state index in [4.69, 9.17) is 10.00 Å². The summed E-state index contributed by atoms with van der Waals surface area (Å²) in [4.78, 5) is 12.7. The summed E-state index contributed by atoms with van der Waals surface area (Å²) in [6.07, 6.45) is 20.6. The molecule has 0 aliphatic heterocycles. The van der Waals surface area contributed by atoms with Crippen LogP contribution in [0.3, 0.4) is 0 Å². The van der Waals surface area contributed by atoms with Crippen molar-refractivity contribution >= 4 is 5.97 Å². The van der Waals surface area contributed by atoms with E-state index in [0.29, 0.717) is 11.8 Å². The topological polar surface area (TPSA) is 50.1 Å². The highest BCUT2D eigenvalue weighted by Gasteiger charge is 2.30. The second-order valence-electron chi connectivity index (χ2n) is 9.59. The molecule has 2 aliphatic carbocycles. The summed E-state index contributed by atoms with van der Waals surface area (Å²) >= 11 is 0. The number of esters is 1. The van der Waals surface area contributed by atoms with Crippen LogP contribution in [0.25, 0.3) is 0 Å². The van der Waals surface area contributed by atoms with Crippen molar-refractivity contribution in [1.82, 2.24) is 0 Å². The fourth-order valence-electron chi connectivity index (χ4n) is 5.18. The van der Waals surface area contributed by atoms with Gasteiger partial charge in [-0.05, 0) is 87.2 Å². The van der Waals surface area contributed by atoms with Crippen molar-refractivity contribution in [1.29, 1.82) is 5.26 Å². The molecule has 3 rings (SSSR count). The standard InChI is InChI=1S/C29H39NO2/c1-2-3-5-8-23-10-14-25(15-11-23)26-16-18-27(19-17-26)29(31)32-28-20-12-24(13-21-28)9-6-4-7-22-30/h4,6-7,9-11,14-15,24,26-28H,2-3,5,8,12-13,16-21H2,1H3. The quantitative estimate of drug-likeness (QED) is 0.176. The molecule has 0 atom stereocenters. The fraction of sp³-hybridized carbons (Fsp3) is 0.586. The molecule has 2 fully saturated rings. The summed E-state index contributed by atoms with van der Waals surface area (Å²) in [6, 6.07) is 11.2. The van der Waals surface area contributed by atoms with E-state index in [2.05, 4.69) is 37.3 Å². The molecule has 0 heterocycles. The van der Waals surface area contributed by atoms with Gasteiger partial charge in [-0.15, -0.1) is 0 Å². The molecular weight excluding hydrogens is 394 g/mol. The van der Waals surface area contributed by atoms with E-state index in [1.54, 1.807) is 6.08 Å². The van der Waals surface area contributed by atoms with Gasteiger partial charge in [0.2, 0.25) is 0 Å². The first-order valence-electron chi connectivity index (χ1n) is 12.7. The number of hydrogen-bond donors (Lipinski definition) is 0. The number of nitriles is 1. The first kappa shape index (κ1) is 24.3. The summed E-state index contributed by atoms with van der Waals surface area (Å²) in [7, 11) is 0. The Morgan fingerprint density at radius 2 is 1.72 bits per heavy atom. The van der Waals surface area contributed by atoms with Gasteiger partial charge in [0.15, 0.2) is 0 Å². The van der Waals surface area contributed by atoms with Gasteiger partial charge in [-0.3, -0.25) is 4.79 Å². The number of ether oxygens (including phenoxy) is 1. The van der Waals surface area contributed by atoms with E-state index in [1.807, 2.05) is 12.1 Å². The molecule has 172 valence electrons. The van der Waals surface area contributed by atoms with Crippen molar-refractivity contribution in [2.24, 2.45) is 11.8 Å². The van der Waals surface area contributed by atoms with Crippen LogP contribution in [0.1, 0.15) is 94.6 Å². The maximum Gasteiger partial charge on any atom is 0.309 e. The lowest BCUT2D eigenvalue weighted by atomic mass is 9.78. The second kappa shape index (κ2) is 13.3. The Bertz CT molecular complexity index is 785. The van der Waals surface area contributed by atoms with Gasteiger partial charge < -0.3 is 4.74 Å². The number of unbranched alkanes of at least 4 members (excludes halogenated alkanes) is 2. The van der Waals surface area contributed by atoms with Gasteiger partial charge in [-0.2, -0.15) is 5.26 Å². The zero-order valence-electron chi connectivity index (χ0n) is 19.7. The molecule has 3 heteroatoms. The number of allylic oxidation sites excluding steroid dienone is 4. The summed E-state index contributed by atoms with van der Waals surface area (Å²) in [5, 5.41) is 8.53. The Hall–Kier alpha value is -2.34. The van der Waals surface area contributed by atoms with Gasteiger partial charge in [-0.1, -0.05) is 62.3 Å². The number of aryl methyl sites for hydroxylation is 1. The van der Waals surface area contributed by atoms with Gasteiger partial charge in [0.1, 0.15) is 6.10 Å². The van der Waals surface area contributed by atoms with E-state index in [1.165, 1.54) is 42.9 Å². The van der Waals surface area contributed by atoms with E-state index in [-0.39, 0.29) is 18.0 Å². The Kier molecular flexibility index (Phi) is 10.1. The molecule has 32 heavy (non-hydrogen) atoms. The lowest BCUT2D eigenvalue weighted by molar-refractivity contribution is -0.157. The van der Waals surface area contributed by atoms with Crippen molar-refractivity contribution < 1.29 is 9.53 Å². The average Bonchev–Trinajstić information content (AvgIpc) is 2.83. The maximum absolute atomic E-state index is 12.7. The highest BCUT2D eigenvalue weighted by molar-refractivity contribution is 5.72. The lowest BCUT2D eigenvalue weighted by Crippen LogP contribution is -2.29. The first-order valence-corrected chi connectivity index (χ1v) is 12.7. The number of rotatable bonds is 9. The average molecular weight is 434 g/mol. The highest BCUT2D eigenvalue weighted by atomic mass is 16.5. The van der Waals surface area contributed by atoms with Crippen LogP contribution >= 0.6 is 0 Å². The minimum absolute atomic E-state index is 0.0330. The predicted molar refractivity (Wildman–Crippen MR) is 130 cm³/mol. The van der Waals surface area contributed by atoms with Crippen LogP contribution < -0.4 is 0 Å². The largest absolute Gasteiger partial charge is 0.462 e. The minimum atomic E-state index is 0.0330. The molecular formula is C29H39NO2. The van der Waals surface area contributed by atoms with Gasteiger partial charge in [-0.25, -0.2) is 0 Å². The minimum Gasteiger partial charge on any atom is -0.462 e. The second-order valence-corrected chi connectivity index (χ2v) is 9.59. The lowest BCUT2D eigenvalue weighted by Gasteiger charge is -2.31. The number of nitrogens with zero attached hydrogens (tertiary/aromatic N) is 1. The SMILES string of the molecule is CCCCCc1ccc(C2CCC(C(=O)OC3CCC(C=CC=CC#N)CC3)CC2)cc1. The molecule has 3 nitrogen and oxygen atoms in total. The monoisotopic (exact) mass is 433 g/mol. The van der Waals surface area contributed by atoms with Crippen LogP contribution in [0.15, 0.2) is 48.6 Å². The molecule has 2 aliphatic rings. The normalized spacial score (nSPS) is 26.2. The number of hydrogen-bond acceptors (Lipinski definition) is 3. The van der Waals surface area contributed by atoms with Crippen molar-refractivity contribution in [3.63, 3.8) is 0 Å². The summed E-state index contributed by atoms with van der Waals surface area (Å²) < 4.78 is 5.91. The fourth-order valence-corrected chi connectivity index (χ4v) is 5.18. The maximum atomic E-state index is 12.7. The zero-order valence-corrected chi connectivity index (χ0v) is 19.7.